The van der Waals surface area contributed by atoms with Crippen molar-refractivity contribution >= 4 is 28.9 Å². The van der Waals surface area contributed by atoms with E-state index >= 15 is 0 Å². The molecule has 2 aromatic carbocycles. The van der Waals surface area contributed by atoms with Gasteiger partial charge in [0.15, 0.2) is 0 Å². The third-order valence-electron chi connectivity index (χ3n) is 5.00. The van der Waals surface area contributed by atoms with E-state index in [1.54, 1.807) is 31.4 Å². The molecule has 1 saturated heterocycles. The second-order valence-electron chi connectivity index (χ2n) is 7.24. The monoisotopic (exact) mass is 403 g/mol. The van der Waals surface area contributed by atoms with Crippen molar-refractivity contribution in [2.75, 3.05) is 35.7 Å². The Morgan fingerprint density at radius 1 is 1.00 bits per heavy atom. The summed E-state index contributed by atoms with van der Waals surface area (Å²) in [6.45, 7) is 3.98. The van der Waals surface area contributed by atoms with Crippen molar-refractivity contribution in [2.45, 2.75) is 19.8 Å². The van der Waals surface area contributed by atoms with Crippen molar-refractivity contribution in [3.63, 3.8) is 0 Å². The zero-order chi connectivity index (χ0) is 20.9. The molecule has 154 valence electrons. The number of aryl methyl sites for hydroxylation is 1. The molecule has 0 radical (unpaired) electrons. The molecule has 0 atom stereocenters. The first kappa shape index (κ1) is 19.7. The van der Waals surface area contributed by atoms with Gasteiger partial charge in [0.1, 0.15) is 23.2 Å². The Hall–Kier alpha value is -3.61. The van der Waals surface area contributed by atoms with Crippen LogP contribution in [-0.4, -0.2) is 36.1 Å². The highest BCUT2D eigenvalue weighted by molar-refractivity contribution is 6.04. The maximum Gasteiger partial charge on any atom is 0.255 e. The fraction of sp³-hybridized carbons (Fsp3) is 0.261. The Kier molecular flexibility index (Phi) is 5.79. The summed E-state index contributed by atoms with van der Waals surface area (Å²) in [5.74, 6) is 2.93. The minimum absolute atomic E-state index is 0.184. The third kappa shape index (κ3) is 4.68. The molecule has 0 unspecified atom stereocenters. The fourth-order valence-electron chi connectivity index (χ4n) is 3.48. The molecule has 1 aliphatic heterocycles. The molecule has 7 nitrogen and oxygen atoms in total. The van der Waals surface area contributed by atoms with Crippen LogP contribution in [0.4, 0.5) is 23.0 Å². The van der Waals surface area contributed by atoms with E-state index in [4.69, 9.17) is 4.74 Å². The summed E-state index contributed by atoms with van der Waals surface area (Å²) < 4.78 is 5.18. The van der Waals surface area contributed by atoms with Crippen molar-refractivity contribution in [2.24, 2.45) is 0 Å². The van der Waals surface area contributed by atoms with Gasteiger partial charge in [-0.3, -0.25) is 4.79 Å². The molecule has 1 aromatic heterocycles. The molecule has 7 heteroatoms. The SMILES string of the molecule is COc1cccc(C(=O)Nc2ccc(Nc3cc(N4CCCC4)nc(C)n3)cc2)c1. The maximum absolute atomic E-state index is 12.5. The first-order chi connectivity index (χ1) is 14.6. The molecule has 0 bridgehead atoms. The molecule has 2 heterocycles. The molecule has 2 N–H and O–H groups in total. The normalized spacial score (nSPS) is 13.2. The van der Waals surface area contributed by atoms with Crippen LogP contribution in [0.5, 0.6) is 5.75 Å². The quantitative estimate of drug-likeness (QED) is 0.635. The van der Waals surface area contributed by atoms with Crippen LogP contribution >= 0.6 is 0 Å². The van der Waals surface area contributed by atoms with Crippen molar-refractivity contribution < 1.29 is 9.53 Å². The smallest absolute Gasteiger partial charge is 0.255 e. The van der Waals surface area contributed by atoms with Gasteiger partial charge in [0.2, 0.25) is 0 Å². The highest BCUT2D eigenvalue weighted by atomic mass is 16.5. The zero-order valence-electron chi connectivity index (χ0n) is 17.2. The Morgan fingerprint density at radius 3 is 2.47 bits per heavy atom. The number of amides is 1. The van der Waals surface area contributed by atoms with Gasteiger partial charge in [0, 0.05) is 36.1 Å². The van der Waals surface area contributed by atoms with Gasteiger partial charge in [-0.1, -0.05) is 6.07 Å². The molecule has 1 amide bonds. The molecule has 3 aromatic rings. The first-order valence-electron chi connectivity index (χ1n) is 10.0. The molecule has 1 fully saturated rings. The van der Waals surface area contributed by atoms with E-state index < -0.39 is 0 Å². The van der Waals surface area contributed by atoms with Gasteiger partial charge in [0.25, 0.3) is 5.91 Å². The standard InChI is InChI=1S/C23H25N5O2/c1-16-24-21(15-22(25-16)28-12-3-4-13-28)26-18-8-10-19(11-9-18)27-23(29)17-6-5-7-20(14-17)30-2/h5-11,14-15H,3-4,12-13H2,1-2H3,(H,27,29)(H,24,25,26). The number of nitrogens with one attached hydrogen (secondary N) is 2. The predicted molar refractivity (Wildman–Crippen MR) is 119 cm³/mol. The molecular formula is C23H25N5O2. The van der Waals surface area contributed by atoms with Gasteiger partial charge < -0.3 is 20.3 Å². The second-order valence-corrected chi connectivity index (χ2v) is 7.24. The number of ether oxygens (including phenoxy) is 1. The van der Waals surface area contributed by atoms with Crippen LogP contribution in [0, 0.1) is 6.92 Å². The molecule has 4 rings (SSSR count). The molecule has 0 aliphatic carbocycles. The Balaban J connectivity index is 1.43. The van der Waals surface area contributed by atoms with Gasteiger partial charge in [-0.15, -0.1) is 0 Å². The lowest BCUT2D eigenvalue weighted by Gasteiger charge is -2.18. The number of aromatic nitrogens is 2. The van der Waals surface area contributed by atoms with Gasteiger partial charge in [-0.2, -0.15) is 0 Å². The minimum atomic E-state index is -0.184. The van der Waals surface area contributed by atoms with E-state index in [2.05, 4.69) is 25.5 Å². The molecule has 1 aliphatic rings. The van der Waals surface area contributed by atoms with E-state index in [1.807, 2.05) is 37.3 Å². The van der Waals surface area contributed by atoms with E-state index in [0.29, 0.717) is 17.0 Å². The van der Waals surface area contributed by atoms with Gasteiger partial charge in [-0.25, -0.2) is 9.97 Å². The summed E-state index contributed by atoms with van der Waals surface area (Å²) in [6, 6.07) is 16.6. The van der Waals surface area contributed by atoms with Crippen LogP contribution in [0.1, 0.15) is 29.0 Å². The summed E-state index contributed by atoms with van der Waals surface area (Å²) in [5, 5.41) is 6.23. The zero-order valence-corrected chi connectivity index (χ0v) is 17.2. The Bertz CT molecular complexity index is 1030. The number of rotatable bonds is 6. The lowest BCUT2D eigenvalue weighted by Crippen LogP contribution is -2.19. The molecular weight excluding hydrogens is 378 g/mol. The lowest BCUT2D eigenvalue weighted by molar-refractivity contribution is 0.102. The minimum Gasteiger partial charge on any atom is -0.497 e. The topological polar surface area (TPSA) is 79.4 Å². The second kappa shape index (κ2) is 8.82. The van der Waals surface area contributed by atoms with Crippen LogP contribution in [0.15, 0.2) is 54.6 Å². The number of hydrogen-bond acceptors (Lipinski definition) is 6. The van der Waals surface area contributed by atoms with Crippen LogP contribution in [0.2, 0.25) is 0 Å². The number of nitrogens with zero attached hydrogens (tertiary/aromatic N) is 3. The fourth-order valence-corrected chi connectivity index (χ4v) is 3.48. The van der Waals surface area contributed by atoms with Gasteiger partial charge in [0.05, 0.1) is 7.11 Å². The average Bonchev–Trinajstić information content (AvgIpc) is 3.30. The highest BCUT2D eigenvalue weighted by Crippen LogP contribution is 2.24. The molecule has 0 saturated carbocycles. The van der Waals surface area contributed by atoms with Gasteiger partial charge in [-0.05, 0) is 62.2 Å². The predicted octanol–water partition coefficient (Wildman–Crippen LogP) is 4.39. The van der Waals surface area contributed by atoms with Crippen LogP contribution in [0.3, 0.4) is 0 Å². The van der Waals surface area contributed by atoms with Crippen LogP contribution in [0.25, 0.3) is 0 Å². The summed E-state index contributed by atoms with van der Waals surface area (Å²) in [6.07, 6.45) is 2.41. The van der Waals surface area contributed by atoms with E-state index in [-0.39, 0.29) is 5.91 Å². The maximum atomic E-state index is 12.5. The largest absolute Gasteiger partial charge is 0.497 e. The Morgan fingerprint density at radius 2 is 1.73 bits per heavy atom. The van der Waals surface area contributed by atoms with Crippen molar-refractivity contribution in [1.29, 1.82) is 0 Å². The number of carbonyl (C=O) groups excluding carboxylic acids is 1. The lowest BCUT2D eigenvalue weighted by atomic mass is 10.2. The van der Waals surface area contributed by atoms with Crippen molar-refractivity contribution in [1.82, 2.24) is 9.97 Å². The van der Waals surface area contributed by atoms with Crippen LogP contribution in [-0.2, 0) is 0 Å². The van der Waals surface area contributed by atoms with Crippen LogP contribution < -0.4 is 20.3 Å². The Labute approximate surface area is 176 Å². The van der Waals surface area contributed by atoms with Crippen molar-refractivity contribution in [3.05, 3.63) is 66.0 Å². The van der Waals surface area contributed by atoms with Gasteiger partial charge >= 0.3 is 0 Å². The van der Waals surface area contributed by atoms with E-state index in [0.717, 1.165) is 36.2 Å². The number of anilines is 4. The number of hydrogen-bond donors (Lipinski definition) is 2. The summed E-state index contributed by atoms with van der Waals surface area (Å²) in [4.78, 5) is 23.8. The first-order valence-corrected chi connectivity index (χ1v) is 10.0. The number of methoxy groups -OCH3 is 1. The molecule has 30 heavy (non-hydrogen) atoms. The summed E-state index contributed by atoms with van der Waals surface area (Å²) >= 11 is 0. The average molecular weight is 403 g/mol. The summed E-state index contributed by atoms with van der Waals surface area (Å²) in [5.41, 5.74) is 2.15. The molecule has 0 spiro atoms. The third-order valence-corrected chi connectivity index (χ3v) is 5.00. The van der Waals surface area contributed by atoms with Crippen molar-refractivity contribution in [3.8, 4) is 5.75 Å². The highest BCUT2D eigenvalue weighted by Gasteiger charge is 2.15. The number of benzene rings is 2. The number of carbonyl (C=O) groups is 1. The summed E-state index contributed by atoms with van der Waals surface area (Å²) in [7, 11) is 1.58. The van der Waals surface area contributed by atoms with E-state index in [9.17, 15) is 4.79 Å². The van der Waals surface area contributed by atoms with E-state index in [1.165, 1.54) is 12.8 Å².